The van der Waals surface area contributed by atoms with E-state index in [4.69, 9.17) is 0 Å². The Bertz CT molecular complexity index is 186. The maximum absolute atomic E-state index is 10.1. The smallest absolute Gasteiger partial charge is 0.0622 e. The van der Waals surface area contributed by atoms with Crippen LogP contribution in [0.15, 0.2) is 11.6 Å². The van der Waals surface area contributed by atoms with E-state index in [0.29, 0.717) is 0 Å². The van der Waals surface area contributed by atoms with Crippen molar-refractivity contribution in [3.8, 4) is 0 Å². The lowest BCUT2D eigenvalue weighted by molar-refractivity contribution is 0.0396. The molecular weight excluding hydrogens is 184 g/mol. The quantitative estimate of drug-likeness (QED) is 0.623. The zero-order valence-corrected chi connectivity index (χ0v) is 11.1. The summed E-state index contributed by atoms with van der Waals surface area (Å²) in [5.74, 6) is 0.749. The lowest BCUT2D eigenvalue weighted by atomic mass is 9.91. The minimum Gasteiger partial charge on any atom is -0.390 e. The SMILES string of the molecule is CC(C)=CCCC(C)(O)CCCC(C)C. The Morgan fingerprint density at radius 1 is 1.27 bits per heavy atom. The molecule has 0 rings (SSSR count). The van der Waals surface area contributed by atoms with E-state index in [0.717, 1.165) is 31.6 Å². The van der Waals surface area contributed by atoms with Crippen molar-refractivity contribution in [3.05, 3.63) is 11.6 Å². The molecule has 0 aromatic rings. The monoisotopic (exact) mass is 212 g/mol. The third-order valence-corrected chi connectivity index (χ3v) is 2.73. The summed E-state index contributed by atoms with van der Waals surface area (Å²) in [6.45, 7) is 10.6. The summed E-state index contributed by atoms with van der Waals surface area (Å²) in [5.41, 5.74) is 0.869. The van der Waals surface area contributed by atoms with Crippen molar-refractivity contribution in [2.75, 3.05) is 0 Å². The molecule has 0 spiro atoms. The molecule has 0 radical (unpaired) electrons. The van der Waals surface area contributed by atoms with Gasteiger partial charge in [-0.15, -0.1) is 0 Å². The highest BCUT2D eigenvalue weighted by atomic mass is 16.3. The number of aliphatic hydroxyl groups is 1. The highest BCUT2D eigenvalue weighted by Gasteiger charge is 2.18. The van der Waals surface area contributed by atoms with Crippen LogP contribution in [0.2, 0.25) is 0 Å². The molecule has 0 bridgehead atoms. The number of allylic oxidation sites excluding steroid dienone is 2. The summed E-state index contributed by atoms with van der Waals surface area (Å²) >= 11 is 0. The van der Waals surface area contributed by atoms with Crippen LogP contribution in [0.3, 0.4) is 0 Å². The van der Waals surface area contributed by atoms with E-state index in [9.17, 15) is 5.11 Å². The van der Waals surface area contributed by atoms with E-state index in [-0.39, 0.29) is 0 Å². The van der Waals surface area contributed by atoms with E-state index in [2.05, 4.69) is 33.8 Å². The van der Waals surface area contributed by atoms with Crippen LogP contribution in [0, 0.1) is 5.92 Å². The first-order valence-corrected chi connectivity index (χ1v) is 6.19. The predicted molar refractivity (Wildman–Crippen MR) is 68.0 cm³/mol. The molecule has 1 N–H and O–H groups in total. The molecular formula is C14H28O. The summed E-state index contributed by atoms with van der Waals surface area (Å²) in [5, 5.41) is 10.1. The third kappa shape index (κ3) is 9.99. The zero-order chi connectivity index (χ0) is 11.9. The molecule has 0 aliphatic carbocycles. The van der Waals surface area contributed by atoms with Crippen molar-refractivity contribution in [2.45, 2.75) is 72.3 Å². The normalized spacial score (nSPS) is 15.1. The summed E-state index contributed by atoms with van der Waals surface area (Å²) in [4.78, 5) is 0. The highest BCUT2D eigenvalue weighted by Crippen LogP contribution is 2.21. The van der Waals surface area contributed by atoms with Gasteiger partial charge in [0.2, 0.25) is 0 Å². The van der Waals surface area contributed by atoms with Crippen LogP contribution < -0.4 is 0 Å². The molecule has 0 aliphatic heterocycles. The fourth-order valence-corrected chi connectivity index (χ4v) is 1.69. The lowest BCUT2D eigenvalue weighted by Crippen LogP contribution is -2.23. The van der Waals surface area contributed by atoms with E-state index in [1.807, 2.05) is 6.92 Å². The third-order valence-electron chi connectivity index (χ3n) is 2.73. The maximum Gasteiger partial charge on any atom is 0.0622 e. The van der Waals surface area contributed by atoms with Gasteiger partial charge in [0.15, 0.2) is 0 Å². The van der Waals surface area contributed by atoms with Gasteiger partial charge in [-0.1, -0.05) is 38.3 Å². The van der Waals surface area contributed by atoms with Gasteiger partial charge in [0.25, 0.3) is 0 Å². The average molecular weight is 212 g/mol. The summed E-state index contributed by atoms with van der Waals surface area (Å²) in [7, 11) is 0. The predicted octanol–water partition coefficient (Wildman–Crippen LogP) is 4.31. The van der Waals surface area contributed by atoms with Gasteiger partial charge in [-0.05, 0) is 46.0 Å². The largest absolute Gasteiger partial charge is 0.390 e. The van der Waals surface area contributed by atoms with Gasteiger partial charge in [-0.25, -0.2) is 0 Å². The molecule has 1 unspecified atom stereocenters. The van der Waals surface area contributed by atoms with Crippen molar-refractivity contribution >= 4 is 0 Å². The molecule has 1 atom stereocenters. The van der Waals surface area contributed by atoms with Crippen LogP contribution in [-0.2, 0) is 0 Å². The summed E-state index contributed by atoms with van der Waals surface area (Å²) in [6, 6.07) is 0. The van der Waals surface area contributed by atoms with Gasteiger partial charge < -0.3 is 5.11 Å². The van der Waals surface area contributed by atoms with Gasteiger partial charge in [0.1, 0.15) is 0 Å². The first kappa shape index (κ1) is 14.7. The molecule has 0 heterocycles. The molecule has 0 saturated carbocycles. The van der Waals surface area contributed by atoms with Crippen molar-refractivity contribution in [2.24, 2.45) is 5.92 Å². The van der Waals surface area contributed by atoms with Crippen LogP contribution in [0.4, 0.5) is 0 Å². The minimum absolute atomic E-state index is 0.471. The molecule has 0 aliphatic rings. The van der Waals surface area contributed by atoms with Gasteiger partial charge in [0.05, 0.1) is 5.60 Å². The van der Waals surface area contributed by atoms with E-state index in [1.54, 1.807) is 0 Å². The second-order valence-corrected chi connectivity index (χ2v) is 5.60. The van der Waals surface area contributed by atoms with Crippen molar-refractivity contribution in [1.82, 2.24) is 0 Å². The Morgan fingerprint density at radius 3 is 2.33 bits per heavy atom. The fourth-order valence-electron chi connectivity index (χ4n) is 1.69. The number of hydrogen-bond acceptors (Lipinski definition) is 1. The van der Waals surface area contributed by atoms with Crippen molar-refractivity contribution in [3.63, 3.8) is 0 Å². The van der Waals surface area contributed by atoms with Crippen LogP contribution in [0.25, 0.3) is 0 Å². The molecule has 90 valence electrons. The second-order valence-electron chi connectivity index (χ2n) is 5.60. The summed E-state index contributed by atoms with van der Waals surface area (Å²) < 4.78 is 0. The van der Waals surface area contributed by atoms with Crippen molar-refractivity contribution in [1.29, 1.82) is 0 Å². The van der Waals surface area contributed by atoms with Gasteiger partial charge in [0, 0.05) is 0 Å². The van der Waals surface area contributed by atoms with E-state index < -0.39 is 5.60 Å². The second kappa shape index (κ2) is 7.05. The van der Waals surface area contributed by atoms with E-state index >= 15 is 0 Å². The van der Waals surface area contributed by atoms with Crippen molar-refractivity contribution < 1.29 is 5.11 Å². The zero-order valence-electron chi connectivity index (χ0n) is 11.1. The Hall–Kier alpha value is -0.300. The number of rotatable bonds is 7. The Balaban J connectivity index is 3.71. The summed E-state index contributed by atoms with van der Waals surface area (Å²) in [6.07, 6.45) is 7.38. The Morgan fingerprint density at radius 2 is 1.87 bits per heavy atom. The first-order chi connectivity index (χ1) is 6.83. The molecule has 0 saturated heterocycles. The first-order valence-electron chi connectivity index (χ1n) is 6.19. The molecule has 15 heavy (non-hydrogen) atoms. The molecule has 0 amide bonds. The van der Waals surface area contributed by atoms with Crippen LogP contribution in [0.1, 0.15) is 66.7 Å². The highest BCUT2D eigenvalue weighted by molar-refractivity contribution is 4.94. The molecule has 0 aromatic carbocycles. The van der Waals surface area contributed by atoms with Gasteiger partial charge in [-0.3, -0.25) is 0 Å². The number of hydrogen-bond donors (Lipinski definition) is 1. The molecule has 1 nitrogen and oxygen atoms in total. The maximum atomic E-state index is 10.1. The average Bonchev–Trinajstić information content (AvgIpc) is 2.01. The Kier molecular flexibility index (Phi) is 6.91. The van der Waals surface area contributed by atoms with Gasteiger partial charge in [-0.2, -0.15) is 0 Å². The van der Waals surface area contributed by atoms with E-state index in [1.165, 1.54) is 12.0 Å². The van der Waals surface area contributed by atoms with Crippen LogP contribution >= 0.6 is 0 Å². The fraction of sp³-hybridized carbons (Fsp3) is 0.857. The van der Waals surface area contributed by atoms with Crippen LogP contribution in [0.5, 0.6) is 0 Å². The lowest BCUT2D eigenvalue weighted by Gasteiger charge is -2.23. The minimum atomic E-state index is -0.471. The Labute approximate surface area is 95.6 Å². The molecule has 0 fully saturated rings. The topological polar surface area (TPSA) is 20.2 Å². The standard InChI is InChI=1S/C14H28O/c1-12(2)8-6-10-14(5,15)11-7-9-13(3)4/h8,13,15H,6-7,9-11H2,1-5H3. The van der Waals surface area contributed by atoms with Crippen LogP contribution in [-0.4, -0.2) is 10.7 Å². The molecule has 0 aromatic heterocycles. The van der Waals surface area contributed by atoms with Gasteiger partial charge >= 0.3 is 0 Å². The molecule has 1 heteroatoms.